The summed E-state index contributed by atoms with van der Waals surface area (Å²) >= 11 is 5.47. The van der Waals surface area contributed by atoms with Gasteiger partial charge in [0.1, 0.15) is 0 Å². The third-order valence-corrected chi connectivity index (χ3v) is 6.47. The molecule has 0 aliphatic heterocycles. The lowest BCUT2D eigenvalue weighted by molar-refractivity contribution is 0.250. The van der Waals surface area contributed by atoms with Gasteiger partial charge in [0.05, 0.1) is 3.79 Å². The molecule has 2 aliphatic carbocycles. The van der Waals surface area contributed by atoms with Gasteiger partial charge in [-0.1, -0.05) is 13.3 Å². The van der Waals surface area contributed by atoms with Gasteiger partial charge in [0.15, 0.2) is 0 Å². The van der Waals surface area contributed by atoms with E-state index in [1.54, 1.807) is 0 Å². The van der Waals surface area contributed by atoms with Gasteiger partial charge in [-0.15, -0.1) is 11.3 Å². The molecule has 0 aromatic carbocycles. The van der Waals surface area contributed by atoms with Gasteiger partial charge in [0.25, 0.3) is 0 Å². The number of thiophene rings is 1. The van der Waals surface area contributed by atoms with E-state index in [1.165, 1.54) is 40.8 Å². The average molecular weight is 328 g/mol. The van der Waals surface area contributed by atoms with Gasteiger partial charge < -0.3 is 5.32 Å². The highest BCUT2D eigenvalue weighted by atomic mass is 79.9. The number of halogens is 1. The minimum atomic E-state index is 0.704. The molecule has 4 atom stereocenters. The summed E-state index contributed by atoms with van der Waals surface area (Å²) in [7, 11) is 0. The molecule has 3 rings (SSSR count). The minimum Gasteiger partial charge on any atom is -0.314 e. The normalized spacial score (nSPS) is 32.0. The molecule has 0 saturated heterocycles. The fraction of sp³-hybridized carbons (Fsp3) is 0.733. The van der Waals surface area contributed by atoms with E-state index >= 15 is 0 Å². The summed E-state index contributed by atoms with van der Waals surface area (Å²) in [6, 6.07) is 5.17. The minimum absolute atomic E-state index is 0.704. The highest BCUT2D eigenvalue weighted by molar-refractivity contribution is 9.11. The lowest BCUT2D eigenvalue weighted by Crippen LogP contribution is -2.40. The van der Waals surface area contributed by atoms with Crippen LogP contribution in [0.5, 0.6) is 0 Å². The summed E-state index contributed by atoms with van der Waals surface area (Å²) in [6.07, 6.45) is 7.21. The van der Waals surface area contributed by atoms with Crippen LogP contribution in [-0.4, -0.2) is 12.6 Å². The highest BCUT2D eigenvalue weighted by Gasteiger charge is 2.42. The van der Waals surface area contributed by atoms with Crippen LogP contribution in [0.2, 0.25) is 0 Å². The number of fused-ring (bicyclic) bond motifs is 2. The summed E-state index contributed by atoms with van der Waals surface area (Å²) in [4.78, 5) is 1.52. The topological polar surface area (TPSA) is 12.0 Å². The Labute approximate surface area is 122 Å². The first-order valence-electron chi connectivity index (χ1n) is 7.24. The van der Waals surface area contributed by atoms with Crippen LogP contribution in [0.3, 0.4) is 0 Å². The molecule has 2 aliphatic rings. The molecule has 4 unspecified atom stereocenters. The molecule has 1 aromatic heterocycles. The second kappa shape index (κ2) is 5.64. The fourth-order valence-corrected chi connectivity index (χ4v) is 5.64. The predicted molar refractivity (Wildman–Crippen MR) is 82.1 cm³/mol. The molecule has 0 radical (unpaired) electrons. The molecule has 1 N–H and O–H groups in total. The fourth-order valence-electron chi connectivity index (χ4n) is 4.10. The predicted octanol–water partition coefficient (Wildman–Crippen LogP) is 4.47. The zero-order valence-corrected chi connectivity index (χ0v) is 13.4. The van der Waals surface area contributed by atoms with Crippen LogP contribution in [0, 0.1) is 17.8 Å². The highest BCUT2D eigenvalue weighted by Crippen LogP contribution is 2.50. The Bertz CT molecular complexity index is 403. The van der Waals surface area contributed by atoms with Crippen molar-refractivity contribution in [3.63, 3.8) is 0 Å². The van der Waals surface area contributed by atoms with Crippen molar-refractivity contribution in [2.75, 3.05) is 6.54 Å². The molecule has 2 fully saturated rings. The largest absolute Gasteiger partial charge is 0.314 e. The smallest absolute Gasteiger partial charge is 0.0701 e. The van der Waals surface area contributed by atoms with Crippen LogP contribution in [-0.2, 0) is 6.42 Å². The van der Waals surface area contributed by atoms with Crippen LogP contribution in [0.4, 0.5) is 0 Å². The first-order valence-corrected chi connectivity index (χ1v) is 8.84. The molecule has 0 spiro atoms. The lowest BCUT2D eigenvalue weighted by atomic mass is 9.82. The van der Waals surface area contributed by atoms with E-state index < -0.39 is 0 Å². The van der Waals surface area contributed by atoms with Gasteiger partial charge >= 0.3 is 0 Å². The summed E-state index contributed by atoms with van der Waals surface area (Å²) in [5.41, 5.74) is 0. The monoisotopic (exact) mass is 327 g/mol. The number of hydrogen-bond donors (Lipinski definition) is 1. The van der Waals surface area contributed by atoms with Crippen molar-refractivity contribution >= 4 is 27.3 Å². The van der Waals surface area contributed by atoms with Crippen LogP contribution in [0.1, 0.15) is 37.5 Å². The Morgan fingerprint density at radius 3 is 2.83 bits per heavy atom. The van der Waals surface area contributed by atoms with Gasteiger partial charge in [0.2, 0.25) is 0 Å². The van der Waals surface area contributed by atoms with Gasteiger partial charge in [-0.05, 0) is 78.0 Å². The van der Waals surface area contributed by atoms with Crippen molar-refractivity contribution in [1.29, 1.82) is 0 Å². The Morgan fingerprint density at radius 1 is 1.39 bits per heavy atom. The molecule has 1 nitrogen and oxygen atoms in total. The quantitative estimate of drug-likeness (QED) is 0.841. The van der Waals surface area contributed by atoms with Gasteiger partial charge in [-0.25, -0.2) is 0 Å². The average Bonchev–Trinajstić information content (AvgIpc) is 3.05. The Hall–Kier alpha value is 0.140. The standard InChI is InChI=1S/C15H22BrNS/c1-2-17-14(9-12-5-6-15(16)18-12)13-8-10-3-4-11(13)7-10/h5-6,10-11,13-14,17H,2-4,7-9H2,1H3. The van der Waals surface area contributed by atoms with Crippen molar-refractivity contribution in [1.82, 2.24) is 5.32 Å². The second-order valence-corrected chi connectivity index (χ2v) is 8.46. The van der Waals surface area contributed by atoms with Crippen LogP contribution >= 0.6 is 27.3 Å². The molecule has 100 valence electrons. The van der Waals surface area contributed by atoms with Gasteiger partial charge in [-0.3, -0.25) is 0 Å². The van der Waals surface area contributed by atoms with Crippen LogP contribution < -0.4 is 5.32 Å². The number of likely N-dealkylation sites (N-methyl/N-ethyl adjacent to an activating group) is 1. The zero-order chi connectivity index (χ0) is 12.5. The maximum atomic E-state index is 3.76. The number of nitrogens with one attached hydrogen (secondary N) is 1. The van der Waals surface area contributed by atoms with E-state index in [9.17, 15) is 0 Å². The van der Waals surface area contributed by atoms with E-state index in [0.29, 0.717) is 6.04 Å². The first kappa shape index (κ1) is 13.1. The molecule has 18 heavy (non-hydrogen) atoms. The molecular weight excluding hydrogens is 306 g/mol. The Morgan fingerprint density at radius 2 is 2.28 bits per heavy atom. The zero-order valence-electron chi connectivity index (χ0n) is 11.0. The third-order valence-electron chi connectivity index (χ3n) is 4.83. The molecule has 1 aromatic rings. The van der Waals surface area contributed by atoms with Crippen molar-refractivity contribution in [3.05, 3.63) is 20.8 Å². The van der Waals surface area contributed by atoms with Crippen molar-refractivity contribution < 1.29 is 0 Å². The lowest BCUT2D eigenvalue weighted by Gasteiger charge is -2.31. The van der Waals surface area contributed by atoms with Crippen molar-refractivity contribution in [2.24, 2.45) is 17.8 Å². The molecule has 1 heterocycles. The van der Waals surface area contributed by atoms with E-state index in [-0.39, 0.29) is 0 Å². The second-order valence-electron chi connectivity index (χ2n) is 5.91. The van der Waals surface area contributed by atoms with Crippen molar-refractivity contribution in [3.8, 4) is 0 Å². The molecule has 2 saturated carbocycles. The molecule has 3 heteroatoms. The van der Waals surface area contributed by atoms with E-state index in [1.807, 2.05) is 11.3 Å². The van der Waals surface area contributed by atoms with Crippen LogP contribution in [0.25, 0.3) is 0 Å². The summed E-state index contributed by atoms with van der Waals surface area (Å²) < 4.78 is 1.26. The maximum absolute atomic E-state index is 3.76. The Kier molecular flexibility index (Phi) is 4.12. The van der Waals surface area contributed by atoms with Gasteiger partial charge in [0, 0.05) is 10.9 Å². The van der Waals surface area contributed by atoms with E-state index in [0.717, 1.165) is 24.3 Å². The van der Waals surface area contributed by atoms with Crippen LogP contribution in [0.15, 0.2) is 15.9 Å². The third kappa shape index (κ3) is 2.68. The number of hydrogen-bond acceptors (Lipinski definition) is 2. The number of rotatable bonds is 5. The molecule has 0 amide bonds. The maximum Gasteiger partial charge on any atom is 0.0701 e. The molecular formula is C15H22BrNS. The van der Waals surface area contributed by atoms with E-state index in [4.69, 9.17) is 0 Å². The summed E-state index contributed by atoms with van der Waals surface area (Å²) in [6.45, 7) is 3.34. The molecule has 2 bridgehead atoms. The SMILES string of the molecule is CCNC(Cc1ccc(Br)s1)C1CC2CCC1C2. The first-order chi connectivity index (χ1) is 8.76. The summed E-state index contributed by atoms with van der Waals surface area (Å²) in [5.74, 6) is 3.00. The van der Waals surface area contributed by atoms with E-state index in [2.05, 4.69) is 40.3 Å². The Balaban J connectivity index is 1.68. The van der Waals surface area contributed by atoms with Gasteiger partial charge in [-0.2, -0.15) is 0 Å². The summed E-state index contributed by atoms with van der Waals surface area (Å²) in [5, 5.41) is 3.76. The van der Waals surface area contributed by atoms with Crippen molar-refractivity contribution in [2.45, 2.75) is 45.1 Å².